The van der Waals surface area contributed by atoms with Crippen LogP contribution < -0.4 is 4.74 Å². The average Bonchev–Trinajstić information content (AvgIpc) is 2.87. The molecule has 4 nitrogen and oxygen atoms in total. The second-order valence-electron chi connectivity index (χ2n) is 4.99. The van der Waals surface area contributed by atoms with Gasteiger partial charge in [0, 0.05) is 0 Å². The van der Waals surface area contributed by atoms with Crippen molar-refractivity contribution in [2.75, 3.05) is 20.2 Å². The van der Waals surface area contributed by atoms with E-state index in [-0.39, 0.29) is 6.04 Å². The molecule has 1 heterocycles. The second kappa shape index (κ2) is 6.57. The third-order valence-electron chi connectivity index (χ3n) is 3.69. The monoisotopic (exact) mass is 263 g/mol. The molecule has 1 saturated heterocycles. The number of carbonyl (C=O) groups is 1. The molecule has 0 aliphatic carbocycles. The van der Waals surface area contributed by atoms with Crippen LogP contribution >= 0.6 is 0 Å². The van der Waals surface area contributed by atoms with Crippen LogP contribution in [0.15, 0.2) is 24.3 Å². The number of hydrogen-bond acceptors (Lipinski definition) is 3. The molecule has 1 aromatic carbocycles. The average molecular weight is 263 g/mol. The Hall–Kier alpha value is -1.55. The fraction of sp³-hybridized carbons (Fsp3) is 0.533. The quantitative estimate of drug-likeness (QED) is 0.854. The number of nitrogens with zero attached hydrogens (tertiary/aromatic N) is 1. The molecular formula is C15H21NO3. The molecule has 1 atom stereocenters. The van der Waals surface area contributed by atoms with Crippen molar-refractivity contribution >= 4 is 5.97 Å². The summed E-state index contributed by atoms with van der Waals surface area (Å²) in [4.78, 5) is 13.2. The maximum absolute atomic E-state index is 11.1. The molecule has 0 unspecified atom stereocenters. The SMILES string of the molecule is COc1cccc(CCCN2CCC[C@@H]2C(=O)O)c1. The first-order valence-electron chi connectivity index (χ1n) is 6.80. The maximum atomic E-state index is 11.1. The first kappa shape index (κ1) is 13.9. The Kier molecular flexibility index (Phi) is 4.80. The summed E-state index contributed by atoms with van der Waals surface area (Å²) in [5, 5.41) is 9.11. The lowest BCUT2D eigenvalue weighted by atomic mass is 10.1. The fourth-order valence-electron chi connectivity index (χ4n) is 2.69. The van der Waals surface area contributed by atoms with Crippen LogP contribution in [0.4, 0.5) is 0 Å². The number of carboxylic acids is 1. The zero-order chi connectivity index (χ0) is 13.7. The molecule has 1 fully saturated rings. The van der Waals surface area contributed by atoms with Gasteiger partial charge in [0.05, 0.1) is 7.11 Å². The molecule has 0 saturated carbocycles. The molecule has 0 aromatic heterocycles. The van der Waals surface area contributed by atoms with E-state index in [4.69, 9.17) is 9.84 Å². The summed E-state index contributed by atoms with van der Waals surface area (Å²) in [6.07, 6.45) is 3.72. The summed E-state index contributed by atoms with van der Waals surface area (Å²) in [5.74, 6) is 0.195. The van der Waals surface area contributed by atoms with Crippen molar-refractivity contribution in [3.63, 3.8) is 0 Å². The molecule has 1 aliphatic rings. The summed E-state index contributed by atoms with van der Waals surface area (Å²) >= 11 is 0. The number of likely N-dealkylation sites (tertiary alicyclic amines) is 1. The fourth-order valence-corrected chi connectivity index (χ4v) is 2.69. The van der Waals surface area contributed by atoms with E-state index in [9.17, 15) is 4.79 Å². The minimum Gasteiger partial charge on any atom is -0.497 e. The van der Waals surface area contributed by atoms with Gasteiger partial charge in [0.1, 0.15) is 11.8 Å². The van der Waals surface area contributed by atoms with Crippen LogP contribution in [0.3, 0.4) is 0 Å². The minimum absolute atomic E-state index is 0.273. The molecule has 2 rings (SSSR count). The smallest absolute Gasteiger partial charge is 0.320 e. The van der Waals surface area contributed by atoms with Gasteiger partial charge in [-0.2, -0.15) is 0 Å². The molecular weight excluding hydrogens is 242 g/mol. The van der Waals surface area contributed by atoms with Gasteiger partial charge < -0.3 is 9.84 Å². The minimum atomic E-state index is -0.682. The molecule has 104 valence electrons. The third-order valence-corrected chi connectivity index (χ3v) is 3.69. The lowest BCUT2D eigenvalue weighted by Crippen LogP contribution is -2.36. The van der Waals surface area contributed by atoms with Crippen LogP contribution in [0.2, 0.25) is 0 Å². The summed E-state index contributed by atoms with van der Waals surface area (Å²) in [6.45, 7) is 1.77. The van der Waals surface area contributed by atoms with E-state index in [1.54, 1.807) is 7.11 Å². The van der Waals surface area contributed by atoms with Gasteiger partial charge in [0.2, 0.25) is 0 Å². The number of methoxy groups -OCH3 is 1. The van der Waals surface area contributed by atoms with Crippen molar-refractivity contribution < 1.29 is 14.6 Å². The van der Waals surface area contributed by atoms with E-state index in [2.05, 4.69) is 11.0 Å². The second-order valence-corrected chi connectivity index (χ2v) is 4.99. The summed E-state index contributed by atoms with van der Waals surface area (Å²) in [7, 11) is 1.67. The van der Waals surface area contributed by atoms with E-state index in [0.717, 1.165) is 44.5 Å². The predicted octanol–water partition coefficient (Wildman–Crippen LogP) is 2.18. The number of aliphatic carboxylic acids is 1. The number of ether oxygens (including phenoxy) is 1. The van der Waals surface area contributed by atoms with Crippen LogP contribution in [0.5, 0.6) is 5.75 Å². The first-order valence-corrected chi connectivity index (χ1v) is 6.80. The molecule has 0 spiro atoms. The Morgan fingerprint density at radius 1 is 1.53 bits per heavy atom. The summed E-state index contributed by atoms with van der Waals surface area (Å²) in [5.41, 5.74) is 1.24. The lowest BCUT2D eigenvalue weighted by molar-refractivity contribution is -0.142. The molecule has 4 heteroatoms. The highest BCUT2D eigenvalue weighted by atomic mass is 16.5. The van der Waals surface area contributed by atoms with Crippen molar-refractivity contribution in [3.05, 3.63) is 29.8 Å². The number of rotatable bonds is 6. The van der Waals surface area contributed by atoms with Gasteiger partial charge >= 0.3 is 5.97 Å². The van der Waals surface area contributed by atoms with E-state index in [0.29, 0.717) is 0 Å². The predicted molar refractivity (Wildman–Crippen MR) is 73.5 cm³/mol. The van der Waals surface area contributed by atoms with Gasteiger partial charge in [-0.05, 0) is 56.5 Å². The number of carboxylic acid groups (broad SMARTS) is 1. The molecule has 1 aliphatic heterocycles. The van der Waals surface area contributed by atoms with Crippen molar-refractivity contribution in [3.8, 4) is 5.75 Å². The van der Waals surface area contributed by atoms with Gasteiger partial charge in [0.15, 0.2) is 0 Å². The number of benzene rings is 1. The van der Waals surface area contributed by atoms with Gasteiger partial charge in [-0.25, -0.2) is 0 Å². The number of aryl methyl sites for hydroxylation is 1. The maximum Gasteiger partial charge on any atom is 0.320 e. The first-order chi connectivity index (χ1) is 9.20. The highest BCUT2D eigenvalue weighted by Gasteiger charge is 2.29. The van der Waals surface area contributed by atoms with Crippen molar-refractivity contribution in [2.45, 2.75) is 31.7 Å². The van der Waals surface area contributed by atoms with Crippen LogP contribution in [-0.2, 0) is 11.2 Å². The van der Waals surface area contributed by atoms with Crippen LogP contribution in [0.25, 0.3) is 0 Å². The zero-order valence-electron chi connectivity index (χ0n) is 11.3. The Morgan fingerprint density at radius 3 is 3.11 bits per heavy atom. The molecule has 19 heavy (non-hydrogen) atoms. The summed E-state index contributed by atoms with van der Waals surface area (Å²) < 4.78 is 5.19. The molecule has 0 amide bonds. The van der Waals surface area contributed by atoms with Crippen molar-refractivity contribution in [1.82, 2.24) is 4.90 Å². The van der Waals surface area contributed by atoms with Crippen LogP contribution in [0, 0.1) is 0 Å². The van der Waals surface area contributed by atoms with Gasteiger partial charge in [0.25, 0.3) is 0 Å². The third kappa shape index (κ3) is 3.70. The molecule has 1 aromatic rings. The largest absolute Gasteiger partial charge is 0.497 e. The van der Waals surface area contributed by atoms with Crippen LogP contribution in [-0.4, -0.2) is 42.2 Å². The van der Waals surface area contributed by atoms with E-state index < -0.39 is 5.97 Å². The number of hydrogen-bond donors (Lipinski definition) is 1. The van der Waals surface area contributed by atoms with E-state index in [1.165, 1.54) is 5.56 Å². The van der Waals surface area contributed by atoms with Gasteiger partial charge in [-0.3, -0.25) is 9.69 Å². The van der Waals surface area contributed by atoms with Crippen molar-refractivity contribution in [1.29, 1.82) is 0 Å². The lowest BCUT2D eigenvalue weighted by Gasteiger charge is -2.20. The van der Waals surface area contributed by atoms with Crippen LogP contribution in [0.1, 0.15) is 24.8 Å². The molecule has 0 bridgehead atoms. The Balaban J connectivity index is 1.81. The van der Waals surface area contributed by atoms with Crippen molar-refractivity contribution in [2.24, 2.45) is 0 Å². The normalized spacial score (nSPS) is 19.5. The highest BCUT2D eigenvalue weighted by Crippen LogP contribution is 2.19. The molecule has 0 radical (unpaired) electrons. The van der Waals surface area contributed by atoms with Gasteiger partial charge in [-0.15, -0.1) is 0 Å². The zero-order valence-corrected chi connectivity index (χ0v) is 11.3. The highest BCUT2D eigenvalue weighted by molar-refractivity contribution is 5.73. The van der Waals surface area contributed by atoms with E-state index >= 15 is 0 Å². The van der Waals surface area contributed by atoms with E-state index in [1.807, 2.05) is 18.2 Å². The standard InChI is InChI=1S/C15H21NO3/c1-19-13-7-2-5-12(11-13)6-3-9-16-10-4-8-14(16)15(17)18/h2,5,7,11,14H,3-4,6,8-10H2,1H3,(H,17,18)/t14-/m1/s1. The summed E-state index contributed by atoms with van der Waals surface area (Å²) in [6, 6.07) is 7.78. The Bertz CT molecular complexity index is 433. The Labute approximate surface area is 114 Å². The molecule has 1 N–H and O–H groups in total. The topological polar surface area (TPSA) is 49.8 Å². The van der Waals surface area contributed by atoms with Gasteiger partial charge in [-0.1, -0.05) is 12.1 Å². The Morgan fingerprint density at radius 2 is 2.37 bits per heavy atom.